The van der Waals surface area contributed by atoms with E-state index in [1.54, 1.807) is 32.6 Å². The van der Waals surface area contributed by atoms with Crippen molar-refractivity contribution in [3.63, 3.8) is 0 Å². The highest BCUT2D eigenvalue weighted by Crippen LogP contribution is 2.33. The molecule has 3 rings (SSSR count). The number of aromatic nitrogens is 1. The molecule has 7 nitrogen and oxygen atoms in total. The molecule has 0 bridgehead atoms. The molecule has 1 aromatic carbocycles. The number of ether oxygens (including phenoxy) is 2. The van der Waals surface area contributed by atoms with Gasteiger partial charge >= 0.3 is 0 Å². The minimum Gasteiger partial charge on any atom is -0.493 e. The summed E-state index contributed by atoms with van der Waals surface area (Å²) in [5.74, 6) is 2.40. The Hall–Kier alpha value is -2.32. The van der Waals surface area contributed by atoms with Gasteiger partial charge in [0.25, 0.3) is 0 Å². The third-order valence-electron chi connectivity index (χ3n) is 4.82. The van der Waals surface area contributed by atoms with E-state index < -0.39 is 0 Å². The van der Waals surface area contributed by atoms with Gasteiger partial charge in [0.15, 0.2) is 17.5 Å². The molecule has 0 saturated carbocycles. The van der Waals surface area contributed by atoms with Crippen molar-refractivity contribution in [3.8, 4) is 11.5 Å². The van der Waals surface area contributed by atoms with Crippen LogP contribution in [-0.4, -0.2) is 56.7 Å². The minimum absolute atomic E-state index is 0.691. The maximum Gasteiger partial charge on any atom is 0.191 e. The van der Waals surface area contributed by atoms with Crippen molar-refractivity contribution in [2.24, 2.45) is 4.99 Å². The maximum atomic E-state index is 5.45. The van der Waals surface area contributed by atoms with Gasteiger partial charge in [-0.25, -0.2) is 4.98 Å². The van der Waals surface area contributed by atoms with E-state index in [2.05, 4.69) is 44.6 Å². The maximum absolute atomic E-state index is 5.45. The van der Waals surface area contributed by atoms with Crippen LogP contribution in [0.15, 0.2) is 23.3 Å². The fourth-order valence-corrected chi connectivity index (χ4v) is 4.05. The van der Waals surface area contributed by atoms with E-state index in [4.69, 9.17) is 9.47 Å². The third-order valence-corrected chi connectivity index (χ3v) is 5.73. The highest BCUT2D eigenvalue weighted by molar-refractivity contribution is 7.11. The van der Waals surface area contributed by atoms with Crippen LogP contribution in [-0.2, 0) is 19.5 Å². The van der Waals surface area contributed by atoms with E-state index in [1.807, 2.05) is 6.20 Å². The Balaban J connectivity index is 1.47. The van der Waals surface area contributed by atoms with Gasteiger partial charge in [-0.15, -0.1) is 11.3 Å². The highest BCUT2D eigenvalue weighted by Gasteiger charge is 2.19. The second-order valence-electron chi connectivity index (χ2n) is 6.72. The number of rotatable bonds is 7. The number of fused-ring (bicyclic) bond motifs is 1. The topological polar surface area (TPSA) is 71.0 Å². The van der Waals surface area contributed by atoms with E-state index in [0.29, 0.717) is 6.54 Å². The van der Waals surface area contributed by atoms with Crippen LogP contribution in [0.25, 0.3) is 0 Å². The monoisotopic (exact) mass is 403 g/mol. The zero-order chi connectivity index (χ0) is 19.9. The lowest BCUT2D eigenvalue weighted by molar-refractivity contribution is 0.256. The summed E-state index contributed by atoms with van der Waals surface area (Å²) in [7, 11) is 5.15. The molecule has 0 spiro atoms. The summed E-state index contributed by atoms with van der Waals surface area (Å²) in [5, 5.41) is 7.77. The summed E-state index contributed by atoms with van der Waals surface area (Å²) in [6.45, 7) is 6.49. The van der Waals surface area contributed by atoms with E-state index in [0.717, 1.165) is 55.1 Å². The minimum atomic E-state index is 0.691. The lowest BCUT2D eigenvalue weighted by Crippen LogP contribution is -2.42. The fraction of sp³-hybridized carbons (Fsp3) is 0.500. The molecular formula is C20H29N5O2S. The molecule has 152 valence electrons. The lowest BCUT2D eigenvalue weighted by Gasteiger charge is -2.29. The standard InChI is InChI=1S/C20H29N5O2S/c1-14-11-23-19(28-14)12-24-20(21-2)22-6-8-25-7-5-15-9-17(26-3)18(27-4)10-16(15)13-25/h9-11H,5-8,12-13H2,1-4H3,(H2,21,22,24). The van der Waals surface area contributed by atoms with Crippen molar-refractivity contribution in [1.82, 2.24) is 20.5 Å². The number of nitrogens with one attached hydrogen (secondary N) is 2. The molecular weight excluding hydrogens is 374 g/mol. The second kappa shape index (κ2) is 9.75. The molecule has 0 saturated heterocycles. The Labute approximate surface area is 170 Å². The normalized spacial score (nSPS) is 14.5. The molecule has 0 fully saturated rings. The molecule has 0 amide bonds. The number of nitrogens with zero attached hydrogens (tertiary/aromatic N) is 3. The van der Waals surface area contributed by atoms with Crippen molar-refractivity contribution in [2.45, 2.75) is 26.4 Å². The molecule has 28 heavy (non-hydrogen) atoms. The molecule has 1 aromatic heterocycles. The first-order valence-corrected chi connectivity index (χ1v) is 10.3. The quantitative estimate of drug-likeness (QED) is 0.546. The summed E-state index contributed by atoms with van der Waals surface area (Å²) in [6.07, 6.45) is 2.92. The van der Waals surface area contributed by atoms with Gasteiger partial charge in [0.2, 0.25) is 0 Å². The van der Waals surface area contributed by atoms with Crippen LogP contribution in [0, 0.1) is 6.92 Å². The smallest absolute Gasteiger partial charge is 0.191 e. The third kappa shape index (κ3) is 5.14. The Morgan fingerprint density at radius 2 is 1.96 bits per heavy atom. The Bertz CT molecular complexity index is 821. The number of methoxy groups -OCH3 is 2. The van der Waals surface area contributed by atoms with E-state index in [1.165, 1.54) is 16.0 Å². The number of thiazole rings is 1. The molecule has 8 heteroatoms. The fourth-order valence-electron chi connectivity index (χ4n) is 3.33. The molecule has 0 radical (unpaired) electrons. The Morgan fingerprint density at radius 3 is 2.61 bits per heavy atom. The first-order valence-electron chi connectivity index (χ1n) is 9.45. The highest BCUT2D eigenvalue weighted by atomic mass is 32.1. The number of guanidine groups is 1. The van der Waals surface area contributed by atoms with Gasteiger partial charge in [-0.05, 0) is 36.6 Å². The number of hydrogen-bond acceptors (Lipinski definition) is 6. The summed E-state index contributed by atoms with van der Waals surface area (Å²) in [6, 6.07) is 4.21. The second-order valence-corrected chi connectivity index (χ2v) is 8.04. The first kappa shape index (κ1) is 20.4. The zero-order valence-corrected chi connectivity index (χ0v) is 17.9. The SMILES string of the molecule is CN=C(NCCN1CCc2cc(OC)c(OC)cc2C1)NCc1ncc(C)s1. The van der Waals surface area contributed by atoms with Crippen LogP contribution in [0.5, 0.6) is 11.5 Å². The number of hydrogen-bond donors (Lipinski definition) is 2. The van der Waals surface area contributed by atoms with Crippen molar-refractivity contribution in [1.29, 1.82) is 0 Å². The van der Waals surface area contributed by atoms with Crippen molar-refractivity contribution in [3.05, 3.63) is 39.3 Å². The molecule has 0 aliphatic carbocycles. The summed E-state index contributed by atoms with van der Waals surface area (Å²) < 4.78 is 10.9. The zero-order valence-electron chi connectivity index (χ0n) is 17.0. The van der Waals surface area contributed by atoms with Crippen molar-refractivity contribution in [2.75, 3.05) is 40.9 Å². The van der Waals surface area contributed by atoms with Gasteiger partial charge in [-0.2, -0.15) is 0 Å². The van der Waals surface area contributed by atoms with Gasteiger partial charge in [-0.3, -0.25) is 9.89 Å². The lowest BCUT2D eigenvalue weighted by atomic mass is 9.99. The van der Waals surface area contributed by atoms with Crippen LogP contribution in [0.2, 0.25) is 0 Å². The predicted molar refractivity (Wildman–Crippen MR) is 114 cm³/mol. The molecule has 2 heterocycles. The van der Waals surface area contributed by atoms with Crippen LogP contribution in [0.4, 0.5) is 0 Å². The summed E-state index contributed by atoms with van der Waals surface area (Å²) in [4.78, 5) is 12.3. The summed E-state index contributed by atoms with van der Waals surface area (Å²) >= 11 is 1.70. The molecule has 2 N–H and O–H groups in total. The van der Waals surface area contributed by atoms with E-state index >= 15 is 0 Å². The van der Waals surface area contributed by atoms with Gasteiger partial charge in [0, 0.05) is 44.3 Å². The largest absolute Gasteiger partial charge is 0.493 e. The van der Waals surface area contributed by atoms with Gasteiger partial charge in [0.1, 0.15) is 5.01 Å². The van der Waals surface area contributed by atoms with E-state index in [9.17, 15) is 0 Å². The first-order chi connectivity index (χ1) is 13.6. The van der Waals surface area contributed by atoms with Gasteiger partial charge in [-0.1, -0.05) is 0 Å². The predicted octanol–water partition coefficient (Wildman–Crippen LogP) is 2.19. The molecule has 1 aliphatic rings. The van der Waals surface area contributed by atoms with Crippen LogP contribution >= 0.6 is 11.3 Å². The van der Waals surface area contributed by atoms with Gasteiger partial charge < -0.3 is 20.1 Å². The average molecular weight is 404 g/mol. The van der Waals surface area contributed by atoms with Crippen LogP contribution < -0.4 is 20.1 Å². The van der Waals surface area contributed by atoms with E-state index in [-0.39, 0.29) is 0 Å². The number of aliphatic imine (C=N–C) groups is 1. The van der Waals surface area contributed by atoms with Crippen molar-refractivity contribution >= 4 is 17.3 Å². The molecule has 2 aromatic rings. The van der Waals surface area contributed by atoms with Crippen LogP contribution in [0.1, 0.15) is 21.0 Å². The molecule has 1 aliphatic heterocycles. The number of aryl methyl sites for hydroxylation is 1. The Kier molecular flexibility index (Phi) is 7.11. The number of benzene rings is 1. The average Bonchev–Trinajstić information content (AvgIpc) is 3.14. The summed E-state index contributed by atoms with van der Waals surface area (Å²) in [5.41, 5.74) is 2.66. The van der Waals surface area contributed by atoms with Crippen molar-refractivity contribution < 1.29 is 9.47 Å². The Morgan fingerprint density at radius 1 is 1.21 bits per heavy atom. The van der Waals surface area contributed by atoms with Gasteiger partial charge in [0.05, 0.1) is 20.8 Å². The van der Waals surface area contributed by atoms with Crippen LogP contribution in [0.3, 0.4) is 0 Å². The molecule has 0 unspecified atom stereocenters. The molecule has 0 atom stereocenters.